The van der Waals surface area contributed by atoms with Gasteiger partial charge in [-0.2, -0.15) is 0 Å². The second kappa shape index (κ2) is 7.21. The maximum absolute atomic E-state index is 12.7. The minimum atomic E-state index is -3.86. The number of carbonyl (C=O) groups is 1. The van der Waals surface area contributed by atoms with Crippen molar-refractivity contribution >= 4 is 15.9 Å². The number of primary sulfonamides is 1. The molecule has 1 aliphatic carbocycles. The smallest absolute Gasteiger partial charge is 0.251 e. The zero-order chi connectivity index (χ0) is 18.9. The Labute approximate surface area is 154 Å². The molecule has 0 saturated heterocycles. The van der Waals surface area contributed by atoms with E-state index in [4.69, 9.17) is 5.14 Å². The summed E-state index contributed by atoms with van der Waals surface area (Å²) in [5.74, 6) is 0.0165. The van der Waals surface area contributed by atoms with Crippen molar-refractivity contribution in [3.63, 3.8) is 0 Å². The molecule has 0 heterocycles. The Morgan fingerprint density at radius 1 is 1.19 bits per heavy atom. The van der Waals surface area contributed by atoms with Gasteiger partial charge >= 0.3 is 0 Å². The summed E-state index contributed by atoms with van der Waals surface area (Å²) in [7, 11) is -3.86. The molecule has 6 heteroatoms. The lowest BCUT2D eigenvalue weighted by Crippen LogP contribution is -2.30. The molecular weight excluding hydrogens is 348 g/mol. The third kappa shape index (κ3) is 3.81. The molecule has 0 radical (unpaired) electrons. The summed E-state index contributed by atoms with van der Waals surface area (Å²) in [6.07, 6.45) is 3.22. The van der Waals surface area contributed by atoms with E-state index in [0.29, 0.717) is 17.7 Å². The SMILES string of the molecule is Cc1cc(C)c(S(N)(=O)=O)cc1C(=O)NC[C@H]1CCCc2ccccc21. The lowest BCUT2D eigenvalue weighted by molar-refractivity contribution is 0.0949. The Morgan fingerprint density at radius 2 is 1.92 bits per heavy atom. The molecule has 0 saturated carbocycles. The molecule has 0 bridgehead atoms. The van der Waals surface area contributed by atoms with Crippen molar-refractivity contribution in [2.45, 2.75) is 43.9 Å². The maximum Gasteiger partial charge on any atom is 0.251 e. The molecular formula is C20H24N2O3S. The molecule has 1 aliphatic rings. The van der Waals surface area contributed by atoms with Crippen LogP contribution in [0.1, 0.15) is 51.4 Å². The van der Waals surface area contributed by atoms with Crippen LogP contribution < -0.4 is 10.5 Å². The average molecular weight is 372 g/mol. The fourth-order valence-electron chi connectivity index (χ4n) is 3.76. The zero-order valence-corrected chi connectivity index (χ0v) is 15.9. The van der Waals surface area contributed by atoms with Crippen molar-refractivity contribution in [2.75, 3.05) is 6.54 Å². The average Bonchev–Trinajstić information content (AvgIpc) is 2.58. The van der Waals surface area contributed by atoms with Crippen LogP contribution in [-0.4, -0.2) is 20.9 Å². The highest BCUT2D eigenvalue weighted by atomic mass is 32.2. The van der Waals surface area contributed by atoms with Crippen LogP contribution in [0.3, 0.4) is 0 Å². The Bertz CT molecular complexity index is 952. The van der Waals surface area contributed by atoms with Gasteiger partial charge in [0.05, 0.1) is 4.90 Å². The summed E-state index contributed by atoms with van der Waals surface area (Å²) >= 11 is 0. The predicted octanol–water partition coefficient (Wildman–Crippen LogP) is 2.80. The third-order valence-electron chi connectivity index (χ3n) is 5.08. The summed E-state index contributed by atoms with van der Waals surface area (Å²) in [6.45, 7) is 4.01. The molecule has 0 aliphatic heterocycles. The lowest BCUT2D eigenvalue weighted by atomic mass is 9.83. The van der Waals surface area contributed by atoms with Gasteiger partial charge in [0, 0.05) is 18.0 Å². The number of fused-ring (bicyclic) bond motifs is 1. The molecule has 1 atom stereocenters. The Hall–Kier alpha value is -2.18. The minimum Gasteiger partial charge on any atom is -0.351 e. The van der Waals surface area contributed by atoms with Gasteiger partial charge in [-0.3, -0.25) is 4.79 Å². The van der Waals surface area contributed by atoms with Crippen LogP contribution in [0.15, 0.2) is 41.3 Å². The van der Waals surface area contributed by atoms with Crippen molar-refractivity contribution < 1.29 is 13.2 Å². The fourth-order valence-corrected chi connectivity index (χ4v) is 4.55. The van der Waals surface area contributed by atoms with Gasteiger partial charge in [-0.1, -0.05) is 30.3 Å². The number of amides is 1. The van der Waals surface area contributed by atoms with Crippen LogP contribution in [-0.2, 0) is 16.4 Å². The number of rotatable bonds is 4. The molecule has 2 aromatic rings. The van der Waals surface area contributed by atoms with E-state index in [9.17, 15) is 13.2 Å². The summed E-state index contributed by atoms with van der Waals surface area (Å²) in [6, 6.07) is 11.4. The second-order valence-corrected chi connectivity index (χ2v) is 8.51. The summed E-state index contributed by atoms with van der Waals surface area (Å²) < 4.78 is 23.5. The molecule has 0 aromatic heterocycles. The van der Waals surface area contributed by atoms with Gasteiger partial charge in [0.1, 0.15) is 0 Å². The minimum absolute atomic E-state index is 0.00346. The van der Waals surface area contributed by atoms with Crippen LogP contribution in [0.2, 0.25) is 0 Å². The van der Waals surface area contributed by atoms with E-state index in [1.807, 2.05) is 12.1 Å². The zero-order valence-electron chi connectivity index (χ0n) is 15.1. The van der Waals surface area contributed by atoms with Crippen molar-refractivity contribution in [3.05, 3.63) is 64.2 Å². The summed E-state index contributed by atoms with van der Waals surface area (Å²) in [5, 5.41) is 8.24. The molecule has 3 N–H and O–H groups in total. The molecule has 0 spiro atoms. The van der Waals surface area contributed by atoms with Gasteiger partial charge in [0.2, 0.25) is 10.0 Å². The normalized spacial score (nSPS) is 16.8. The standard InChI is InChI=1S/C20H24N2O3S/c1-13-10-14(2)19(26(21,24)25)11-18(13)20(23)22-12-16-8-5-7-15-6-3-4-9-17(15)16/h3-4,6,9-11,16H,5,7-8,12H2,1-2H3,(H,22,23)(H2,21,24,25)/t16-/m1/s1. The molecule has 0 fully saturated rings. The van der Waals surface area contributed by atoms with Crippen LogP contribution in [0, 0.1) is 13.8 Å². The number of benzene rings is 2. The van der Waals surface area contributed by atoms with Gasteiger partial charge in [-0.05, 0) is 61.4 Å². The highest BCUT2D eigenvalue weighted by Crippen LogP contribution is 2.31. The van der Waals surface area contributed by atoms with E-state index < -0.39 is 10.0 Å². The molecule has 26 heavy (non-hydrogen) atoms. The van der Waals surface area contributed by atoms with Crippen LogP contribution in [0.25, 0.3) is 0 Å². The Morgan fingerprint density at radius 3 is 2.65 bits per heavy atom. The van der Waals surface area contributed by atoms with Crippen LogP contribution in [0.4, 0.5) is 0 Å². The summed E-state index contributed by atoms with van der Waals surface area (Å²) in [4.78, 5) is 12.7. The van der Waals surface area contributed by atoms with Gasteiger partial charge in [0.15, 0.2) is 0 Å². The molecule has 1 amide bonds. The number of nitrogens with one attached hydrogen (secondary N) is 1. The number of sulfonamides is 1. The van der Waals surface area contributed by atoms with Crippen molar-refractivity contribution in [1.29, 1.82) is 0 Å². The van der Waals surface area contributed by atoms with Crippen molar-refractivity contribution in [2.24, 2.45) is 5.14 Å². The summed E-state index contributed by atoms with van der Waals surface area (Å²) in [5.41, 5.74) is 4.27. The second-order valence-electron chi connectivity index (χ2n) is 6.98. The Kier molecular flexibility index (Phi) is 5.16. The first-order valence-electron chi connectivity index (χ1n) is 8.77. The molecule has 5 nitrogen and oxygen atoms in total. The van der Waals surface area contributed by atoms with Crippen LogP contribution in [0.5, 0.6) is 0 Å². The van der Waals surface area contributed by atoms with E-state index in [0.717, 1.165) is 24.8 Å². The fraction of sp³-hybridized carbons (Fsp3) is 0.350. The first-order chi connectivity index (χ1) is 12.3. The number of carbonyl (C=O) groups excluding carboxylic acids is 1. The van der Waals surface area contributed by atoms with E-state index in [2.05, 4.69) is 17.4 Å². The molecule has 2 aromatic carbocycles. The largest absolute Gasteiger partial charge is 0.351 e. The number of hydrogen-bond acceptors (Lipinski definition) is 3. The highest BCUT2D eigenvalue weighted by molar-refractivity contribution is 7.89. The van der Waals surface area contributed by atoms with E-state index in [-0.39, 0.29) is 16.7 Å². The monoisotopic (exact) mass is 372 g/mol. The van der Waals surface area contributed by atoms with E-state index >= 15 is 0 Å². The maximum atomic E-state index is 12.7. The number of nitrogens with two attached hydrogens (primary N) is 1. The quantitative estimate of drug-likeness (QED) is 0.865. The van der Waals surface area contributed by atoms with Crippen molar-refractivity contribution in [1.82, 2.24) is 5.32 Å². The number of hydrogen-bond donors (Lipinski definition) is 2. The van der Waals surface area contributed by atoms with Gasteiger partial charge in [-0.25, -0.2) is 13.6 Å². The first kappa shape index (κ1) is 18.6. The molecule has 3 rings (SSSR count). The first-order valence-corrected chi connectivity index (χ1v) is 10.3. The van der Waals surface area contributed by atoms with Crippen molar-refractivity contribution in [3.8, 4) is 0 Å². The predicted molar refractivity (Wildman–Crippen MR) is 102 cm³/mol. The Balaban J connectivity index is 1.80. The van der Waals surface area contributed by atoms with Crippen LogP contribution >= 0.6 is 0 Å². The number of aryl methyl sites for hydroxylation is 3. The van der Waals surface area contributed by atoms with Gasteiger partial charge < -0.3 is 5.32 Å². The highest BCUT2D eigenvalue weighted by Gasteiger charge is 2.22. The molecule has 138 valence electrons. The van der Waals surface area contributed by atoms with Gasteiger partial charge in [-0.15, -0.1) is 0 Å². The van der Waals surface area contributed by atoms with E-state index in [1.54, 1.807) is 19.9 Å². The topological polar surface area (TPSA) is 89.3 Å². The third-order valence-corrected chi connectivity index (χ3v) is 6.13. The molecule has 0 unspecified atom stereocenters. The van der Waals surface area contributed by atoms with E-state index in [1.165, 1.54) is 17.2 Å². The van der Waals surface area contributed by atoms with Gasteiger partial charge in [0.25, 0.3) is 5.91 Å². The lowest BCUT2D eigenvalue weighted by Gasteiger charge is -2.25.